The quantitative estimate of drug-likeness (QED) is 0.851. The van der Waals surface area contributed by atoms with Gasteiger partial charge in [-0.1, -0.05) is 24.3 Å². The van der Waals surface area contributed by atoms with Gasteiger partial charge in [-0.15, -0.1) is 0 Å². The van der Waals surface area contributed by atoms with E-state index < -0.39 is 23.6 Å². The maximum Gasteiger partial charge on any atom is 0.423 e. The normalized spacial score (nSPS) is 15.6. The Labute approximate surface area is 118 Å². The van der Waals surface area contributed by atoms with Crippen molar-refractivity contribution in [3.8, 4) is 0 Å². The van der Waals surface area contributed by atoms with Gasteiger partial charge in [0.05, 0.1) is 0 Å². The SMILES string of the molecule is O=C(O)/C(=C/C(=O)N1CCc2ccccc2C1)C(F)(F)F. The van der Waals surface area contributed by atoms with E-state index in [2.05, 4.69) is 0 Å². The number of hydrogen-bond acceptors (Lipinski definition) is 2. The van der Waals surface area contributed by atoms with Crippen LogP contribution >= 0.6 is 0 Å². The number of benzene rings is 1. The van der Waals surface area contributed by atoms with Crippen LogP contribution in [-0.2, 0) is 22.6 Å². The molecular weight excluding hydrogens is 287 g/mol. The standard InChI is InChI=1S/C14H12F3NO3/c15-14(16,17)11(13(20)21)7-12(19)18-6-5-9-3-1-2-4-10(9)8-18/h1-4,7H,5-6,8H2,(H,20,21)/b11-7-. The monoisotopic (exact) mass is 299 g/mol. The summed E-state index contributed by atoms with van der Waals surface area (Å²) in [5.41, 5.74) is 0.0422. The minimum absolute atomic E-state index is 0.149. The molecule has 0 saturated heterocycles. The highest BCUT2D eigenvalue weighted by Gasteiger charge is 2.40. The van der Waals surface area contributed by atoms with Crippen LogP contribution in [0, 0.1) is 0 Å². The summed E-state index contributed by atoms with van der Waals surface area (Å²) in [6, 6.07) is 7.31. The Morgan fingerprint density at radius 2 is 1.81 bits per heavy atom. The second kappa shape index (κ2) is 5.59. The van der Waals surface area contributed by atoms with E-state index >= 15 is 0 Å². The summed E-state index contributed by atoms with van der Waals surface area (Å²) in [4.78, 5) is 23.7. The summed E-state index contributed by atoms with van der Waals surface area (Å²) < 4.78 is 37.6. The number of rotatable bonds is 2. The van der Waals surface area contributed by atoms with Gasteiger partial charge in [0.1, 0.15) is 5.57 Å². The maximum atomic E-state index is 12.5. The van der Waals surface area contributed by atoms with E-state index in [0.717, 1.165) is 11.1 Å². The first-order chi connectivity index (χ1) is 9.79. The number of carbonyl (C=O) groups excluding carboxylic acids is 1. The number of hydrogen-bond donors (Lipinski definition) is 1. The molecule has 0 atom stereocenters. The first-order valence-corrected chi connectivity index (χ1v) is 6.17. The van der Waals surface area contributed by atoms with Crippen molar-refractivity contribution in [2.75, 3.05) is 6.54 Å². The van der Waals surface area contributed by atoms with Gasteiger partial charge in [-0.05, 0) is 17.5 Å². The summed E-state index contributed by atoms with van der Waals surface area (Å²) in [7, 11) is 0. The topological polar surface area (TPSA) is 57.6 Å². The molecule has 1 aliphatic rings. The zero-order valence-corrected chi connectivity index (χ0v) is 10.9. The van der Waals surface area contributed by atoms with Crippen LogP contribution < -0.4 is 0 Å². The van der Waals surface area contributed by atoms with E-state index in [0.29, 0.717) is 6.42 Å². The average Bonchev–Trinajstić information content (AvgIpc) is 2.42. The first kappa shape index (κ1) is 15.1. The van der Waals surface area contributed by atoms with Gasteiger partial charge >= 0.3 is 12.1 Å². The third-order valence-corrected chi connectivity index (χ3v) is 3.25. The number of nitrogens with zero attached hydrogens (tertiary/aromatic N) is 1. The number of amides is 1. The zero-order valence-electron chi connectivity index (χ0n) is 10.9. The van der Waals surface area contributed by atoms with E-state index in [9.17, 15) is 22.8 Å². The average molecular weight is 299 g/mol. The summed E-state index contributed by atoms with van der Waals surface area (Å²) in [5.74, 6) is -3.10. The number of fused-ring (bicyclic) bond motifs is 1. The molecule has 1 aliphatic heterocycles. The van der Waals surface area contributed by atoms with Crippen LogP contribution in [0.15, 0.2) is 35.9 Å². The summed E-state index contributed by atoms with van der Waals surface area (Å²) in [5, 5.41) is 8.55. The van der Waals surface area contributed by atoms with Crippen molar-refractivity contribution in [1.29, 1.82) is 0 Å². The molecule has 112 valence electrons. The Bertz CT molecular complexity index is 608. The van der Waals surface area contributed by atoms with Gasteiger partial charge < -0.3 is 10.0 Å². The second-order valence-corrected chi connectivity index (χ2v) is 4.64. The lowest BCUT2D eigenvalue weighted by atomic mass is 10.00. The molecule has 1 heterocycles. The first-order valence-electron chi connectivity index (χ1n) is 6.17. The minimum atomic E-state index is -5.06. The highest BCUT2D eigenvalue weighted by Crippen LogP contribution is 2.26. The molecule has 0 aromatic heterocycles. The van der Waals surface area contributed by atoms with Crippen LogP contribution in [0.4, 0.5) is 13.2 Å². The van der Waals surface area contributed by atoms with Gasteiger partial charge in [0.15, 0.2) is 0 Å². The molecule has 0 bridgehead atoms. The number of carbonyl (C=O) groups is 2. The zero-order chi connectivity index (χ0) is 15.6. The van der Waals surface area contributed by atoms with Crippen LogP contribution in [0.25, 0.3) is 0 Å². The van der Waals surface area contributed by atoms with Crippen LogP contribution in [-0.4, -0.2) is 34.6 Å². The molecule has 0 saturated carbocycles. The Kier molecular flexibility index (Phi) is 4.02. The van der Waals surface area contributed by atoms with E-state index in [-0.39, 0.29) is 19.2 Å². The fraction of sp³-hybridized carbons (Fsp3) is 0.286. The predicted molar refractivity (Wildman–Crippen MR) is 67.3 cm³/mol. The maximum absolute atomic E-state index is 12.5. The number of carboxylic acids is 1. The van der Waals surface area contributed by atoms with Crippen LogP contribution in [0.2, 0.25) is 0 Å². The molecule has 1 N–H and O–H groups in total. The Morgan fingerprint density at radius 1 is 1.19 bits per heavy atom. The van der Waals surface area contributed by atoms with Gasteiger partial charge in [0.2, 0.25) is 5.91 Å². The van der Waals surface area contributed by atoms with Crippen molar-refractivity contribution >= 4 is 11.9 Å². The summed E-state index contributed by atoms with van der Waals surface area (Å²) in [6.07, 6.45) is -4.38. The molecule has 7 heteroatoms. The Morgan fingerprint density at radius 3 is 2.38 bits per heavy atom. The van der Waals surface area contributed by atoms with Gasteiger partial charge in [-0.3, -0.25) is 4.79 Å². The van der Waals surface area contributed by atoms with Gasteiger partial charge in [-0.2, -0.15) is 13.2 Å². The molecular formula is C14H12F3NO3. The highest BCUT2D eigenvalue weighted by atomic mass is 19.4. The predicted octanol–water partition coefficient (Wildman–Crippen LogP) is 2.14. The van der Waals surface area contributed by atoms with Gasteiger partial charge in [0, 0.05) is 19.2 Å². The number of halogens is 3. The Hall–Kier alpha value is -2.31. The molecule has 4 nitrogen and oxygen atoms in total. The molecule has 0 radical (unpaired) electrons. The molecule has 1 amide bonds. The van der Waals surface area contributed by atoms with Crippen molar-refractivity contribution in [3.05, 3.63) is 47.0 Å². The van der Waals surface area contributed by atoms with Crippen molar-refractivity contribution in [2.45, 2.75) is 19.1 Å². The third kappa shape index (κ3) is 3.42. The van der Waals surface area contributed by atoms with Crippen molar-refractivity contribution < 1.29 is 27.9 Å². The lowest BCUT2D eigenvalue weighted by Crippen LogP contribution is -2.36. The number of alkyl halides is 3. The van der Waals surface area contributed by atoms with E-state index in [4.69, 9.17) is 5.11 Å². The molecule has 1 aromatic carbocycles. The van der Waals surface area contributed by atoms with Crippen molar-refractivity contribution in [1.82, 2.24) is 4.90 Å². The fourth-order valence-electron chi connectivity index (χ4n) is 2.16. The third-order valence-electron chi connectivity index (χ3n) is 3.25. The van der Waals surface area contributed by atoms with Crippen molar-refractivity contribution in [2.24, 2.45) is 0 Å². The minimum Gasteiger partial charge on any atom is -0.478 e. The Balaban J connectivity index is 2.20. The van der Waals surface area contributed by atoms with Crippen LogP contribution in [0.5, 0.6) is 0 Å². The molecule has 0 spiro atoms. The smallest absolute Gasteiger partial charge is 0.423 e. The van der Waals surface area contributed by atoms with Gasteiger partial charge in [-0.25, -0.2) is 4.79 Å². The van der Waals surface area contributed by atoms with E-state index in [1.54, 1.807) is 12.1 Å². The summed E-state index contributed by atoms with van der Waals surface area (Å²) >= 11 is 0. The molecule has 21 heavy (non-hydrogen) atoms. The number of carboxylic acid groups (broad SMARTS) is 1. The lowest BCUT2D eigenvalue weighted by Gasteiger charge is -2.28. The second-order valence-electron chi connectivity index (χ2n) is 4.64. The van der Waals surface area contributed by atoms with Crippen LogP contribution in [0.1, 0.15) is 11.1 Å². The van der Waals surface area contributed by atoms with Crippen LogP contribution in [0.3, 0.4) is 0 Å². The van der Waals surface area contributed by atoms with Crippen molar-refractivity contribution in [3.63, 3.8) is 0 Å². The van der Waals surface area contributed by atoms with Gasteiger partial charge in [0.25, 0.3) is 0 Å². The highest BCUT2D eigenvalue weighted by molar-refractivity contribution is 5.98. The lowest BCUT2D eigenvalue weighted by molar-refractivity contribution is -0.146. The summed E-state index contributed by atoms with van der Waals surface area (Å²) in [6.45, 7) is 0.438. The van der Waals surface area contributed by atoms with E-state index in [1.165, 1.54) is 4.90 Å². The molecule has 2 rings (SSSR count). The van der Waals surface area contributed by atoms with E-state index in [1.807, 2.05) is 12.1 Å². The number of aliphatic carboxylic acids is 1. The molecule has 1 aromatic rings. The fourth-order valence-corrected chi connectivity index (χ4v) is 2.16. The molecule has 0 fully saturated rings. The largest absolute Gasteiger partial charge is 0.478 e. The molecule has 0 aliphatic carbocycles. The molecule has 0 unspecified atom stereocenters.